The van der Waals surface area contributed by atoms with E-state index in [4.69, 9.17) is 11.6 Å². The van der Waals surface area contributed by atoms with Crippen LogP contribution < -0.4 is 5.32 Å². The minimum Gasteiger partial charge on any atom is -0.352 e. The Labute approximate surface area is 120 Å². The van der Waals surface area contributed by atoms with Gasteiger partial charge in [-0.2, -0.15) is 0 Å². The van der Waals surface area contributed by atoms with Crippen molar-refractivity contribution in [3.63, 3.8) is 0 Å². The maximum Gasteiger partial charge on any atom is 0.251 e. The molecular formula is C16H22ClNO. The molecule has 1 aromatic carbocycles. The lowest BCUT2D eigenvalue weighted by Crippen LogP contribution is -2.31. The molecule has 0 bridgehead atoms. The standard InChI is InChI=1S/C16H22ClNO/c1-12-4-2-6-14(8-12)11-18-16(19)15-7-3-5-13(9-15)10-17/h3,5,7,9,12,14H,2,4,6,8,10-11H2,1H3,(H,18,19). The third-order valence-corrected chi connectivity index (χ3v) is 4.25. The van der Waals surface area contributed by atoms with Gasteiger partial charge in [0.05, 0.1) is 0 Å². The van der Waals surface area contributed by atoms with Crippen LogP contribution in [0.25, 0.3) is 0 Å². The lowest BCUT2D eigenvalue weighted by atomic mass is 9.82. The number of benzene rings is 1. The van der Waals surface area contributed by atoms with E-state index in [-0.39, 0.29) is 5.91 Å². The Balaban J connectivity index is 1.86. The number of alkyl halides is 1. The van der Waals surface area contributed by atoms with Crippen molar-refractivity contribution < 1.29 is 4.79 Å². The molecule has 0 aromatic heterocycles. The second kappa shape index (κ2) is 6.95. The summed E-state index contributed by atoms with van der Waals surface area (Å²) in [5.41, 5.74) is 1.70. The van der Waals surface area contributed by atoms with Gasteiger partial charge in [0.1, 0.15) is 0 Å². The quantitative estimate of drug-likeness (QED) is 0.830. The third kappa shape index (κ3) is 4.24. The SMILES string of the molecule is CC1CCCC(CNC(=O)c2cccc(CCl)c2)C1. The van der Waals surface area contributed by atoms with E-state index in [9.17, 15) is 4.79 Å². The number of hydrogen-bond acceptors (Lipinski definition) is 1. The predicted octanol–water partition coefficient (Wildman–Crippen LogP) is 3.98. The number of nitrogens with one attached hydrogen (secondary N) is 1. The number of carbonyl (C=O) groups is 1. The van der Waals surface area contributed by atoms with Crippen molar-refractivity contribution >= 4 is 17.5 Å². The minimum atomic E-state index is 0.0187. The van der Waals surface area contributed by atoms with Crippen LogP contribution in [0.2, 0.25) is 0 Å². The monoisotopic (exact) mass is 279 g/mol. The molecule has 104 valence electrons. The lowest BCUT2D eigenvalue weighted by molar-refractivity contribution is 0.0940. The summed E-state index contributed by atoms with van der Waals surface area (Å²) < 4.78 is 0. The van der Waals surface area contributed by atoms with Crippen LogP contribution >= 0.6 is 11.6 Å². The van der Waals surface area contributed by atoms with Gasteiger partial charge in [-0.05, 0) is 42.4 Å². The van der Waals surface area contributed by atoms with Gasteiger partial charge in [0.2, 0.25) is 0 Å². The van der Waals surface area contributed by atoms with E-state index in [1.165, 1.54) is 25.7 Å². The van der Waals surface area contributed by atoms with E-state index >= 15 is 0 Å². The van der Waals surface area contributed by atoms with Crippen molar-refractivity contribution in [3.05, 3.63) is 35.4 Å². The summed E-state index contributed by atoms with van der Waals surface area (Å²) in [6.45, 7) is 3.10. The molecule has 2 rings (SSSR count). The first-order valence-electron chi connectivity index (χ1n) is 7.12. The van der Waals surface area contributed by atoms with Crippen LogP contribution in [0.3, 0.4) is 0 Å². The molecule has 0 heterocycles. The second-order valence-electron chi connectivity index (χ2n) is 5.68. The average Bonchev–Trinajstić information content (AvgIpc) is 2.45. The first kappa shape index (κ1) is 14.4. The Morgan fingerprint density at radius 2 is 2.26 bits per heavy atom. The molecule has 0 saturated heterocycles. The highest BCUT2D eigenvalue weighted by molar-refractivity contribution is 6.17. The van der Waals surface area contributed by atoms with Crippen molar-refractivity contribution in [1.29, 1.82) is 0 Å². The number of rotatable bonds is 4. The molecule has 0 spiro atoms. The van der Waals surface area contributed by atoms with Gasteiger partial charge in [0, 0.05) is 18.0 Å². The molecule has 1 N–H and O–H groups in total. The van der Waals surface area contributed by atoms with Crippen molar-refractivity contribution in [2.45, 2.75) is 38.5 Å². The van der Waals surface area contributed by atoms with E-state index in [0.29, 0.717) is 17.4 Å². The summed E-state index contributed by atoms with van der Waals surface area (Å²) in [4.78, 5) is 12.1. The fraction of sp³-hybridized carbons (Fsp3) is 0.562. The third-order valence-electron chi connectivity index (χ3n) is 3.94. The average molecular weight is 280 g/mol. The maximum atomic E-state index is 12.1. The molecule has 19 heavy (non-hydrogen) atoms. The highest BCUT2D eigenvalue weighted by Gasteiger charge is 2.19. The van der Waals surface area contributed by atoms with E-state index in [1.54, 1.807) is 0 Å². The minimum absolute atomic E-state index is 0.0187. The van der Waals surface area contributed by atoms with Gasteiger partial charge in [-0.25, -0.2) is 0 Å². The van der Waals surface area contributed by atoms with Gasteiger partial charge in [-0.1, -0.05) is 31.9 Å². The summed E-state index contributed by atoms with van der Waals surface area (Å²) in [6.07, 6.45) is 5.11. The van der Waals surface area contributed by atoms with Gasteiger partial charge in [0.15, 0.2) is 0 Å². The molecule has 1 aliphatic carbocycles. The number of halogens is 1. The van der Waals surface area contributed by atoms with Crippen LogP contribution in [0.1, 0.15) is 48.5 Å². The molecular weight excluding hydrogens is 258 g/mol. The van der Waals surface area contributed by atoms with Crippen molar-refractivity contribution in [3.8, 4) is 0 Å². The normalized spacial score (nSPS) is 23.1. The first-order chi connectivity index (χ1) is 9.19. The van der Waals surface area contributed by atoms with Crippen LogP contribution in [0, 0.1) is 11.8 Å². The molecule has 0 radical (unpaired) electrons. The Bertz CT molecular complexity index is 433. The summed E-state index contributed by atoms with van der Waals surface area (Å²) in [5, 5.41) is 3.06. The molecule has 1 fully saturated rings. The number of amides is 1. The summed E-state index contributed by atoms with van der Waals surface area (Å²) in [5.74, 6) is 1.91. The maximum absolute atomic E-state index is 12.1. The van der Waals surface area contributed by atoms with E-state index in [1.807, 2.05) is 24.3 Å². The molecule has 1 saturated carbocycles. The van der Waals surface area contributed by atoms with E-state index < -0.39 is 0 Å². The predicted molar refractivity (Wildman–Crippen MR) is 79.5 cm³/mol. The smallest absolute Gasteiger partial charge is 0.251 e. The summed E-state index contributed by atoms with van der Waals surface area (Å²) in [6, 6.07) is 7.53. The number of carbonyl (C=O) groups excluding carboxylic acids is 1. The fourth-order valence-corrected chi connectivity index (χ4v) is 3.05. The van der Waals surface area contributed by atoms with Gasteiger partial charge in [-0.15, -0.1) is 11.6 Å². The van der Waals surface area contributed by atoms with E-state index in [0.717, 1.165) is 18.0 Å². The summed E-state index contributed by atoms with van der Waals surface area (Å²) >= 11 is 5.79. The van der Waals surface area contributed by atoms with Gasteiger partial charge in [0.25, 0.3) is 5.91 Å². The lowest BCUT2D eigenvalue weighted by Gasteiger charge is -2.26. The van der Waals surface area contributed by atoms with Crippen molar-refractivity contribution in [2.24, 2.45) is 11.8 Å². The first-order valence-corrected chi connectivity index (χ1v) is 7.65. The van der Waals surface area contributed by atoms with Crippen molar-refractivity contribution in [1.82, 2.24) is 5.32 Å². The molecule has 3 heteroatoms. The Morgan fingerprint density at radius 1 is 1.42 bits per heavy atom. The van der Waals surface area contributed by atoms with Crippen LogP contribution in [0.4, 0.5) is 0 Å². The molecule has 1 aliphatic rings. The zero-order chi connectivity index (χ0) is 13.7. The fourth-order valence-electron chi connectivity index (χ4n) is 2.88. The molecule has 2 nitrogen and oxygen atoms in total. The highest BCUT2D eigenvalue weighted by atomic mass is 35.5. The van der Waals surface area contributed by atoms with Gasteiger partial charge >= 0.3 is 0 Å². The Hall–Kier alpha value is -1.02. The molecule has 2 atom stereocenters. The van der Waals surface area contributed by atoms with Gasteiger partial charge in [-0.3, -0.25) is 4.79 Å². The van der Waals surface area contributed by atoms with Crippen LogP contribution in [-0.4, -0.2) is 12.5 Å². The Kier molecular flexibility index (Phi) is 5.26. The van der Waals surface area contributed by atoms with Crippen LogP contribution in [0.5, 0.6) is 0 Å². The van der Waals surface area contributed by atoms with Gasteiger partial charge < -0.3 is 5.32 Å². The Morgan fingerprint density at radius 3 is 3.00 bits per heavy atom. The topological polar surface area (TPSA) is 29.1 Å². The zero-order valence-corrected chi connectivity index (χ0v) is 12.2. The number of hydrogen-bond donors (Lipinski definition) is 1. The van der Waals surface area contributed by atoms with Crippen LogP contribution in [0.15, 0.2) is 24.3 Å². The highest BCUT2D eigenvalue weighted by Crippen LogP contribution is 2.27. The summed E-state index contributed by atoms with van der Waals surface area (Å²) in [7, 11) is 0. The molecule has 2 unspecified atom stereocenters. The van der Waals surface area contributed by atoms with E-state index in [2.05, 4.69) is 12.2 Å². The van der Waals surface area contributed by atoms with Crippen LogP contribution in [-0.2, 0) is 5.88 Å². The zero-order valence-electron chi connectivity index (χ0n) is 11.5. The molecule has 1 amide bonds. The molecule has 0 aliphatic heterocycles. The van der Waals surface area contributed by atoms with Crippen molar-refractivity contribution in [2.75, 3.05) is 6.54 Å². The largest absolute Gasteiger partial charge is 0.352 e. The molecule has 1 aromatic rings. The second-order valence-corrected chi connectivity index (χ2v) is 5.95.